The number of nitrogens with zero attached hydrogens (tertiary/aromatic N) is 4. The molecule has 1 aliphatic heterocycles. The fourth-order valence-electron chi connectivity index (χ4n) is 3.32. The zero-order valence-electron chi connectivity index (χ0n) is 17.4. The first kappa shape index (κ1) is 23.3. The lowest BCUT2D eigenvalue weighted by Gasteiger charge is -2.36. The number of ether oxygens (including phenoxy) is 2. The van der Waals surface area contributed by atoms with E-state index in [1.807, 2.05) is 18.2 Å². The molecule has 2 aromatic rings. The number of piperazine rings is 1. The highest BCUT2D eigenvalue weighted by molar-refractivity contribution is 14.0. The molecule has 0 radical (unpaired) electrons. The van der Waals surface area contributed by atoms with Gasteiger partial charge in [0.25, 0.3) is 0 Å². The summed E-state index contributed by atoms with van der Waals surface area (Å²) in [6.45, 7) is 8.19. The Kier molecular flexibility index (Phi) is 9.52. The van der Waals surface area contributed by atoms with Gasteiger partial charge in [0.1, 0.15) is 11.5 Å². The number of aliphatic imine (C=N–C) groups is 1. The first-order valence-corrected chi connectivity index (χ1v) is 9.68. The molecule has 8 nitrogen and oxygen atoms in total. The lowest BCUT2D eigenvalue weighted by molar-refractivity contribution is 0.171. The van der Waals surface area contributed by atoms with Gasteiger partial charge in [0, 0.05) is 51.0 Å². The third-order valence-electron chi connectivity index (χ3n) is 4.85. The Bertz CT molecular complexity index is 760. The average Bonchev–Trinajstić information content (AvgIpc) is 3.25. The van der Waals surface area contributed by atoms with E-state index in [9.17, 15) is 0 Å². The Morgan fingerprint density at radius 2 is 1.97 bits per heavy atom. The van der Waals surface area contributed by atoms with Gasteiger partial charge in [-0.05, 0) is 31.2 Å². The van der Waals surface area contributed by atoms with Crippen LogP contribution in [0.25, 0.3) is 0 Å². The summed E-state index contributed by atoms with van der Waals surface area (Å²) in [5.74, 6) is 2.71. The van der Waals surface area contributed by atoms with E-state index in [2.05, 4.69) is 38.3 Å². The minimum Gasteiger partial charge on any atom is -0.497 e. The molecule has 1 aliphatic rings. The fourth-order valence-corrected chi connectivity index (χ4v) is 3.32. The third kappa shape index (κ3) is 6.49. The molecule has 1 fully saturated rings. The number of hydrogen-bond donors (Lipinski definition) is 2. The van der Waals surface area contributed by atoms with E-state index >= 15 is 0 Å². The van der Waals surface area contributed by atoms with Crippen molar-refractivity contribution in [3.05, 3.63) is 41.7 Å². The Balaban J connectivity index is 0.00000300. The smallest absolute Gasteiger partial charge is 0.194 e. The van der Waals surface area contributed by atoms with Crippen molar-refractivity contribution in [1.29, 1.82) is 0 Å². The van der Waals surface area contributed by atoms with Gasteiger partial charge < -0.3 is 19.7 Å². The maximum absolute atomic E-state index is 5.52. The second-order valence-corrected chi connectivity index (χ2v) is 6.69. The number of rotatable bonds is 7. The van der Waals surface area contributed by atoms with E-state index in [1.54, 1.807) is 20.4 Å². The number of guanidine groups is 1. The van der Waals surface area contributed by atoms with E-state index in [0.717, 1.165) is 68.0 Å². The van der Waals surface area contributed by atoms with E-state index < -0.39 is 0 Å². The van der Waals surface area contributed by atoms with Crippen LogP contribution in [0.1, 0.15) is 18.2 Å². The molecule has 0 spiro atoms. The monoisotopic (exact) mass is 514 g/mol. The second kappa shape index (κ2) is 11.9. The molecule has 0 bridgehead atoms. The van der Waals surface area contributed by atoms with Crippen molar-refractivity contribution in [3.8, 4) is 11.5 Å². The summed E-state index contributed by atoms with van der Waals surface area (Å²) in [5.41, 5.74) is 2.16. The zero-order valence-corrected chi connectivity index (χ0v) is 19.7. The van der Waals surface area contributed by atoms with Crippen molar-refractivity contribution >= 4 is 29.9 Å². The lowest BCUT2D eigenvalue weighted by Crippen LogP contribution is -2.52. The molecule has 160 valence electrons. The predicted molar refractivity (Wildman–Crippen MR) is 125 cm³/mol. The van der Waals surface area contributed by atoms with Gasteiger partial charge in [0.05, 0.1) is 26.5 Å². The number of benzene rings is 1. The number of halogens is 1. The van der Waals surface area contributed by atoms with Crippen molar-refractivity contribution in [2.45, 2.75) is 20.0 Å². The molecule has 2 N–H and O–H groups in total. The van der Waals surface area contributed by atoms with Crippen LogP contribution in [-0.2, 0) is 13.1 Å². The van der Waals surface area contributed by atoms with Gasteiger partial charge in [0.15, 0.2) is 5.96 Å². The van der Waals surface area contributed by atoms with Gasteiger partial charge >= 0.3 is 0 Å². The maximum Gasteiger partial charge on any atom is 0.194 e. The minimum atomic E-state index is 0. The van der Waals surface area contributed by atoms with Crippen molar-refractivity contribution in [3.63, 3.8) is 0 Å². The number of aromatic nitrogens is 2. The van der Waals surface area contributed by atoms with E-state index in [1.165, 1.54) is 0 Å². The summed E-state index contributed by atoms with van der Waals surface area (Å²) in [6, 6.07) is 7.91. The van der Waals surface area contributed by atoms with Gasteiger partial charge in [-0.25, -0.2) is 4.99 Å². The quantitative estimate of drug-likeness (QED) is 0.336. The number of H-pyrrole nitrogens is 1. The molecule has 0 saturated carbocycles. The van der Waals surface area contributed by atoms with Crippen molar-refractivity contribution < 1.29 is 9.47 Å². The Labute approximate surface area is 189 Å². The third-order valence-corrected chi connectivity index (χ3v) is 4.85. The Morgan fingerprint density at radius 3 is 2.59 bits per heavy atom. The van der Waals surface area contributed by atoms with Crippen LogP contribution in [0.15, 0.2) is 35.5 Å². The summed E-state index contributed by atoms with van der Waals surface area (Å²) < 4.78 is 10.9. The standard InChI is InChI=1S/C20H30N6O2.HI/c1-4-21-20(22-14-17-7-8-23-24-17)26-11-9-25(10-12-26)15-16-13-18(27-2)5-6-19(16)28-3;/h5-8,13H,4,9-12,14-15H2,1-3H3,(H,21,22)(H,23,24);1H. The molecular weight excluding hydrogens is 483 g/mol. The highest BCUT2D eigenvalue weighted by atomic mass is 127. The molecule has 0 amide bonds. The van der Waals surface area contributed by atoms with Gasteiger partial charge in [0.2, 0.25) is 0 Å². The van der Waals surface area contributed by atoms with Crippen LogP contribution >= 0.6 is 24.0 Å². The largest absolute Gasteiger partial charge is 0.497 e. The SMILES string of the molecule is CCNC(=NCc1ccn[nH]1)N1CCN(Cc2cc(OC)ccc2OC)CC1.I. The van der Waals surface area contributed by atoms with Gasteiger partial charge in [-0.15, -0.1) is 24.0 Å². The minimum absolute atomic E-state index is 0. The molecule has 0 atom stereocenters. The summed E-state index contributed by atoms with van der Waals surface area (Å²) in [6.07, 6.45) is 1.75. The normalized spacial score (nSPS) is 15.0. The van der Waals surface area contributed by atoms with Crippen LogP contribution in [0.2, 0.25) is 0 Å². The number of aromatic amines is 1. The molecule has 1 aromatic heterocycles. The zero-order chi connectivity index (χ0) is 19.8. The average molecular weight is 514 g/mol. The van der Waals surface area contributed by atoms with Crippen LogP contribution in [0.3, 0.4) is 0 Å². The first-order chi connectivity index (χ1) is 13.7. The van der Waals surface area contributed by atoms with E-state index in [-0.39, 0.29) is 24.0 Å². The first-order valence-electron chi connectivity index (χ1n) is 9.68. The summed E-state index contributed by atoms with van der Waals surface area (Å²) in [5, 5.41) is 10.3. The molecule has 29 heavy (non-hydrogen) atoms. The predicted octanol–water partition coefficient (Wildman–Crippen LogP) is 2.33. The molecule has 3 rings (SSSR count). The van der Waals surface area contributed by atoms with Crippen molar-refractivity contribution in [2.75, 3.05) is 46.9 Å². The molecule has 1 saturated heterocycles. The highest BCUT2D eigenvalue weighted by Gasteiger charge is 2.21. The topological polar surface area (TPSA) is 78.0 Å². The summed E-state index contributed by atoms with van der Waals surface area (Å²) >= 11 is 0. The Hall–Kier alpha value is -2.01. The second-order valence-electron chi connectivity index (χ2n) is 6.69. The molecule has 0 aliphatic carbocycles. The number of nitrogens with one attached hydrogen (secondary N) is 2. The molecular formula is C20H31IN6O2. The molecule has 0 unspecified atom stereocenters. The van der Waals surface area contributed by atoms with Crippen LogP contribution < -0.4 is 14.8 Å². The van der Waals surface area contributed by atoms with E-state index in [4.69, 9.17) is 14.5 Å². The van der Waals surface area contributed by atoms with Gasteiger partial charge in [-0.1, -0.05) is 0 Å². The number of hydrogen-bond acceptors (Lipinski definition) is 5. The van der Waals surface area contributed by atoms with Crippen LogP contribution in [0, 0.1) is 0 Å². The molecule has 2 heterocycles. The van der Waals surface area contributed by atoms with Crippen LogP contribution in [0.4, 0.5) is 0 Å². The van der Waals surface area contributed by atoms with E-state index in [0.29, 0.717) is 6.54 Å². The molecule has 1 aromatic carbocycles. The summed E-state index contributed by atoms with van der Waals surface area (Å²) in [7, 11) is 3.40. The van der Waals surface area contributed by atoms with Gasteiger partial charge in [-0.3, -0.25) is 10.00 Å². The highest BCUT2D eigenvalue weighted by Crippen LogP contribution is 2.25. The fraction of sp³-hybridized carbons (Fsp3) is 0.500. The van der Waals surface area contributed by atoms with Crippen molar-refractivity contribution in [2.24, 2.45) is 4.99 Å². The summed E-state index contributed by atoms with van der Waals surface area (Å²) in [4.78, 5) is 9.50. The van der Waals surface area contributed by atoms with Crippen molar-refractivity contribution in [1.82, 2.24) is 25.3 Å². The van der Waals surface area contributed by atoms with Crippen LogP contribution in [0.5, 0.6) is 11.5 Å². The van der Waals surface area contributed by atoms with Crippen LogP contribution in [-0.4, -0.2) is 72.9 Å². The number of methoxy groups -OCH3 is 2. The van der Waals surface area contributed by atoms with Gasteiger partial charge in [-0.2, -0.15) is 5.10 Å². The molecule has 9 heteroatoms. The maximum atomic E-state index is 5.52. The Morgan fingerprint density at radius 1 is 1.17 bits per heavy atom. The lowest BCUT2D eigenvalue weighted by atomic mass is 10.1.